The van der Waals surface area contributed by atoms with Crippen molar-refractivity contribution >= 4 is 44.6 Å². The van der Waals surface area contributed by atoms with Crippen LogP contribution in [0.1, 0.15) is 12.8 Å². The van der Waals surface area contributed by atoms with Gasteiger partial charge in [0.05, 0.1) is 16.1 Å². The number of aliphatic hydroxyl groups excluding tert-OH is 1. The van der Waals surface area contributed by atoms with E-state index >= 15 is 0 Å². The van der Waals surface area contributed by atoms with Crippen LogP contribution in [-0.4, -0.2) is 56.8 Å². The molecule has 28 heavy (non-hydrogen) atoms. The van der Waals surface area contributed by atoms with Gasteiger partial charge in [-0.05, 0) is 36.4 Å². The number of thiophene rings is 1. The van der Waals surface area contributed by atoms with Crippen molar-refractivity contribution < 1.29 is 18.3 Å². The number of likely N-dealkylation sites (tertiary alicyclic amines) is 1. The van der Waals surface area contributed by atoms with E-state index in [1.807, 2.05) is 0 Å². The molecule has 1 aromatic heterocycles. The van der Waals surface area contributed by atoms with E-state index in [1.165, 1.54) is 6.07 Å². The third-order valence-corrected chi connectivity index (χ3v) is 8.03. The number of aliphatic hydroxyl groups is 1. The molecule has 0 unspecified atom stereocenters. The number of hydrogen-bond donors (Lipinski definition) is 2. The molecule has 0 spiro atoms. The van der Waals surface area contributed by atoms with Crippen molar-refractivity contribution in [3.63, 3.8) is 0 Å². The molecule has 0 aliphatic carbocycles. The van der Waals surface area contributed by atoms with Gasteiger partial charge in [-0.2, -0.15) is 0 Å². The molecule has 0 amide bonds. The largest absolute Gasteiger partial charge is 0.490 e. The summed E-state index contributed by atoms with van der Waals surface area (Å²) in [6.45, 7) is 1.92. The van der Waals surface area contributed by atoms with Crippen molar-refractivity contribution in [2.24, 2.45) is 0 Å². The molecular weight excluding hydrogens is 443 g/mol. The van der Waals surface area contributed by atoms with Crippen LogP contribution in [-0.2, 0) is 10.0 Å². The minimum Gasteiger partial charge on any atom is -0.490 e. The van der Waals surface area contributed by atoms with Crippen molar-refractivity contribution in [2.45, 2.75) is 29.3 Å². The van der Waals surface area contributed by atoms with Gasteiger partial charge in [-0.25, -0.2) is 13.1 Å². The van der Waals surface area contributed by atoms with E-state index in [0.29, 0.717) is 22.3 Å². The molecule has 6 nitrogen and oxygen atoms in total. The van der Waals surface area contributed by atoms with Crippen LogP contribution >= 0.6 is 34.5 Å². The van der Waals surface area contributed by atoms with Gasteiger partial charge in [0, 0.05) is 32.2 Å². The second-order valence-electron chi connectivity index (χ2n) is 6.63. The lowest BCUT2D eigenvalue weighted by Gasteiger charge is -2.33. The summed E-state index contributed by atoms with van der Waals surface area (Å²) in [6.07, 6.45) is 0.923. The Kier molecular flexibility index (Phi) is 7.60. The van der Waals surface area contributed by atoms with Gasteiger partial charge in [-0.3, -0.25) is 0 Å². The third-order valence-electron chi connectivity index (χ3n) is 4.47. The van der Waals surface area contributed by atoms with Crippen LogP contribution < -0.4 is 9.46 Å². The number of rotatable bonds is 8. The van der Waals surface area contributed by atoms with Crippen molar-refractivity contribution in [3.05, 3.63) is 45.8 Å². The van der Waals surface area contributed by atoms with E-state index in [-0.39, 0.29) is 16.9 Å². The Hall–Kier alpha value is -0.870. The van der Waals surface area contributed by atoms with Gasteiger partial charge in [0.15, 0.2) is 0 Å². The summed E-state index contributed by atoms with van der Waals surface area (Å²) >= 11 is 13.1. The van der Waals surface area contributed by atoms with E-state index in [2.05, 4.69) is 9.62 Å². The molecule has 1 fully saturated rings. The molecule has 1 aliphatic rings. The zero-order valence-electron chi connectivity index (χ0n) is 15.1. The Balaban J connectivity index is 1.40. The Labute approximate surface area is 179 Å². The standard InChI is InChI=1S/C18H22Cl2N2O4S2/c19-16-4-3-15(10-17(16)20)26-14-5-7-22(8-6-14)12-13(23)11-21-28(24,25)18-2-1-9-27-18/h1-4,9-10,13-14,21,23H,5-8,11-12H2/t13-/m1/s1. The minimum absolute atomic E-state index is 0.0140. The van der Waals surface area contributed by atoms with Gasteiger partial charge < -0.3 is 14.7 Å². The summed E-state index contributed by atoms with van der Waals surface area (Å²) in [7, 11) is -3.55. The maximum absolute atomic E-state index is 12.1. The lowest BCUT2D eigenvalue weighted by molar-refractivity contribution is 0.0630. The number of nitrogens with one attached hydrogen (secondary N) is 1. The molecule has 1 saturated heterocycles. The average molecular weight is 465 g/mol. The quantitative estimate of drug-likeness (QED) is 0.626. The molecule has 154 valence electrons. The number of nitrogens with zero attached hydrogens (tertiary/aromatic N) is 1. The second-order valence-corrected chi connectivity index (χ2v) is 10.4. The third kappa shape index (κ3) is 6.06. The number of halogens is 2. The fraction of sp³-hybridized carbons (Fsp3) is 0.444. The van der Waals surface area contributed by atoms with E-state index in [1.54, 1.807) is 29.6 Å². The van der Waals surface area contributed by atoms with Gasteiger partial charge in [-0.1, -0.05) is 29.3 Å². The number of sulfonamides is 1. The summed E-state index contributed by atoms with van der Waals surface area (Å²) in [4.78, 5) is 2.11. The van der Waals surface area contributed by atoms with Crippen molar-refractivity contribution in [1.82, 2.24) is 9.62 Å². The maximum atomic E-state index is 12.1. The zero-order chi connectivity index (χ0) is 20.1. The monoisotopic (exact) mass is 464 g/mol. The van der Waals surface area contributed by atoms with E-state index in [0.717, 1.165) is 37.3 Å². The van der Waals surface area contributed by atoms with E-state index in [9.17, 15) is 13.5 Å². The lowest BCUT2D eigenvalue weighted by atomic mass is 10.1. The fourth-order valence-electron chi connectivity index (χ4n) is 3.01. The van der Waals surface area contributed by atoms with Crippen LogP contribution in [0.25, 0.3) is 0 Å². The molecular formula is C18H22Cl2N2O4S2. The van der Waals surface area contributed by atoms with Crippen LogP contribution in [0.5, 0.6) is 5.75 Å². The number of piperidine rings is 1. The highest BCUT2D eigenvalue weighted by atomic mass is 35.5. The fourth-order valence-corrected chi connectivity index (χ4v) is 5.41. The molecule has 0 saturated carbocycles. The Morgan fingerprint density at radius 1 is 1.25 bits per heavy atom. The first-order valence-electron chi connectivity index (χ1n) is 8.89. The highest BCUT2D eigenvalue weighted by Crippen LogP contribution is 2.28. The van der Waals surface area contributed by atoms with Crippen molar-refractivity contribution in [3.8, 4) is 5.75 Å². The summed E-state index contributed by atoms with van der Waals surface area (Å²) in [5.74, 6) is 0.691. The molecule has 1 aliphatic heterocycles. The van der Waals surface area contributed by atoms with Crippen LogP contribution in [0.3, 0.4) is 0 Å². The molecule has 0 bridgehead atoms. The Bertz CT molecular complexity index is 870. The first kappa shape index (κ1) is 21.8. The molecule has 2 heterocycles. The SMILES string of the molecule is O=S(=O)(NC[C@@H](O)CN1CCC(Oc2ccc(Cl)c(Cl)c2)CC1)c1cccs1. The predicted octanol–water partition coefficient (Wildman–Crippen LogP) is 3.24. The van der Waals surface area contributed by atoms with Crippen LogP contribution in [0.4, 0.5) is 0 Å². The van der Waals surface area contributed by atoms with Gasteiger partial charge in [0.2, 0.25) is 10.0 Å². The van der Waals surface area contributed by atoms with Crippen LogP contribution in [0.2, 0.25) is 10.0 Å². The Morgan fingerprint density at radius 2 is 2.00 bits per heavy atom. The van der Waals surface area contributed by atoms with Crippen LogP contribution in [0, 0.1) is 0 Å². The van der Waals surface area contributed by atoms with E-state index < -0.39 is 16.1 Å². The highest BCUT2D eigenvalue weighted by Gasteiger charge is 2.23. The molecule has 10 heteroatoms. The minimum atomic E-state index is -3.55. The highest BCUT2D eigenvalue weighted by molar-refractivity contribution is 7.91. The number of β-amino-alcohol motifs (C(OH)–C–C–N with tert-alkyl or cyclic N) is 1. The molecule has 3 rings (SSSR count). The van der Waals surface area contributed by atoms with Gasteiger partial charge in [0.25, 0.3) is 0 Å². The first-order chi connectivity index (χ1) is 13.3. The Morgan fingerprint density at radius 3 is 2.64 bits per heavy atom. The van der Waals surface area contributed by atoms with Crippen molar-refractivity contribution in [1.29, 1.82) is 0 Å². The van der Waals surface area contributed by atoms with Crippen LogP contribution in [0.15, 0.2) is 39.9 Å². The topological polar surface area (TPSA) is 78.9 Å². The normalized spacial score (nSPS) is 17.5. The lowest BCUT2D eigenvalue weighted by Crippen LogP contribution is -2.44. The van der Waals surface area contributed by atoms with Gasteiger partial charge >= 0.3 is 0 Å². The molecule has 1 atom stereocenters. The van der Waals surface area contributed by atoms with Crippen molar-refractivity contribution in [2.75, 3.05) is 26.2 Å². The smallest absolute Gasteiger partial charge is 0.250 e. The van der Waals surface area contributed by atoms with E-state index in [4.69, 9.17) is 27.9 Å². The number of ether oxygens (including phenoxy) is 1. The summed E-state index contributed by atoms with van der Waals surface area (Å²) in [5.41, 5.74) is 0. The summed E-state index contributed by atoms with van der Waals surface area (Å²) in [6, 6.07) is 8.43. The number of hydrogen-bond acceptors (Lipinski definition) is 6. The summed E-state index contributed by atoms with van der Waals surface area (Å²) in [5, 5.41) is 12.9. The predicted molar refractivity (Wildman–Crippen MR) is 112 cm³/mol. The summed E-state index contributed by atoms with van der Waals surface area (Å²) < 4.78 is 32.8. The zero-order valence-corrected chi connectivity index (χ0v) is 18.2. The molecule has 2 aromatic rings. The first-order valence-corrected chi connectivity index (χ1v) is 12.0. The maximum Gasteiger partial charge on any atom is 0.250 e. The molecule has 2 N–H and O–H groups in total. The number of benzene rings is 1. The van der Waals surface area contributed by atoms with Gasteiger partial charge in [-0.15, -0.1) is 11.3 Å². The molecule has 0 radical (unpaired) electrons. The van der Waals surface area contributed by atoms with Gasteiger partial charge in [0.1, 0.15) is 16.1 Å². The molecule has 1 aromatic carbocycles. The average Bonchev–Trinajstić information content (AvgIpc) is 3.21. The second kappa shape index (κ2) is 9.75.